The quantitative estimate of drug-likeness (QED) is 0.393. The van der Waals surface area contributed by atoms with Crippen molar-refractivity contribution in [2.75, 3.05) is 11.4 Å². The number of aryl methyl sites for hydroxylation is 1. The van der Waals surface area contributed by atoms with Crippen LogP contribution in [0.1, 0.15) is 19.4 Å². The molecule has 0 saturated heterocycles. The van der Waals surface area contributed by atoms with Crippen molar-refractivity contribution in [2.45, 2.75) is 30.4 Å². The van der Waals surface area contributed by atoms with Crippen LogP contribution in [-0.4, -0.2) is 27.5 Å². The molecule has 0 radical (unpaired) electrons. The first-order valence-electron chi connectivity index (χ1n) is 8.70. The molecule has 0 aliphatic rings. The molecule has 0 spiro atoms. The van der Waals surface area contributed by atoms with Crippen molar-refractivity contribution in [3.05, 3.63) is 64.1 Å². The topological polar surface area (TPSA) is 38.1 Å². The lowest BCUT2D eigenvalue weighted by molar-refractivity contribution is -0.117. The van der Waals surface area contributed by atoms with Gasteiger partial charge in [-0.15, -0.1) is 5.10 Å². The second kappa shape index (κ2) is 8.82. The van der Waals surface area contributed by atoms with Gasteiger partial charge < -0.3 is 4.90 Å². The Balaban J connectivity index is 1.79. The van der Waals surface area contributed by atoms with Crippen LogP contribution in [0.4, 0.5) is 5.69 Å². The van der Waals surface area contributed by atoms with Crippen LogP contribution in [0.25, 0.3) is 5.69 Å². The van der Waals surface area contributed by atoms with Crippen molar-refractivity contribution >= 4 is 46.9 Å². The minimum Gasteiger partial charge on any atom is -0.312 e. The van der Waals surface area contributed by atoms with Gasteiger partial charge in [0.25, 0.3) is 0 Å². The standard InChI is InChI=1S/C20H21N3OS3/c1-4-22(16-11-6-5-7-12-16)18(24)15(3)26-19-21-23(20(25)27-19)17-13-9-8-10-14(17)2/h5-13,15H,4H2,1-3H3/t15-/m1/s1. The summed E-state index contributed by atoms with van der Waals surface area (Å²) in [4.78, 5) is 14.7. The number of benzene rings is 2. The third kappa shape index (κ3) is 4.48. The molecule has 27 heavy (non-hydrogen) atoms. The summed E-state index contributed by atoms with van der Waals surface area (Å²) >= 11 is 8.39. The normalized spacial score (nSPS) is 12.0. The lowest BCUT2D eigenvalue weighted by Gasteiger charge is -2.23. The molecule has 3 rings (SSSR count). The van der Waals surface area contributed by atoms with Gasteiger partial charge in [-0.3, -0.25) is 4.79 Å². The molecule has 0 aliphatic heterocycles. The van der Waals surface area contributed by atoms with Crippen LogP contribution in [-0.2, 0) is 4.79 Å². The van der Waals surface area contributed by atoms with Gasteiger partial charge in [-0.2, -0.15) is 0 Å². The van der Waals surface area contributed by atoms with Gasteiger partial charge in [-0.05, 0) is 56.8 Å². The Labute approximate surface area is 172 Å². The fraction of sp³-hybridized carbons (Fsp3) is 0.250. The molecule has 140 valence electrons. The van der Waals surface area contributed by atoms with Gasteiger partial charge in [0.05, 0.1) is 10.9 Å². The predicted octanol–water partition coefficient (Wildman–Crippen LogP) is 5.51. The summed E-state index contributed by atoms with van der Waals surface area (Å²) in [7, 11) is 0. The first kappa shape index (κ1) is 19.8. The molecule has 0 aliphatic carbocycles. The number of anilines is 1. The van der Waals surface area contributed by atoms with E-state index in [9.17, 15) is 4.79 Å². The highest BCUT2D eigenvalue weighted by Crippen LogP contribution is 2.30. The van der Waals surface area contributed by atoms with Crippen LogP contribution < -0.4 is 4.90 Å². The first-order valence-corrected chi connectivity index (χ1v) is 10.8. The van der Waals surface area contributed by atoms with E-state index >= 15 is 0 Å². The van der Waals surface area contributed by atoms with Crippen LogP contribution in [0.5, 0.6) is 0 Å². The number of hydrogen-bond acceptors (Lipinski definition) is 5. The van der Waals surface area contributed by atoms with Gasteiger partial charge in [0.1, 0.15) is 0 Å². The van der Waals surface area contributed by atoms with E-state index in [0.29, 0.717) is 10.5 Å². The third-order valence-electron chi connectivity index (χ3n) is 4.15. The lowest BCUT2D eigenvalue weighted by Crippen LogP contribution is -2.36. The van der Waals surface area contributed by atoms with Crippen molar-refractivity contribution in [2.24, 2.45) is 0 Å². The zero-order valence-electron chi connectivity index (χ0n) is 15.5. The molecular formula is C20H21N3OS3. The Hall–Kier alpha value is -1.96. The Morgan fingerprint density at radius 2 is 1.89 bits per heavy atom. The van der Waals surface area contributed by atoms with Crippen molar-refractivity contribution in [1.29, 1.82) is 0 Å². The molecule has 0 unspecified atom stereocenters. The monoisotopic (exact) mass is 415 g/mol. The highest BCUT2D eigenvalue weighted by atomic mass is 32.2. The summed E-state index contributed by atoms with van der Waals surface area (Å²) in [6.07, 6.45) is 0. The van der Waals surface area contributed by atoms with Crippen LogP contribution in [0, 0.1) is 10.9 Å². The largest absolute Gasteiger partial charge is 0.312 e. The van der Waals surface area contributed by atoms with Crippen LogP contribution >= 0.6 is 35.3 Å². The van der Waals surface area contributed by atoms with Gasteiger partial charge in [-0.1, -0.05) is 59.5 Å². The molecule has 0 bridgehead atoms. The van der Waals surface area contributed by atoms with Crippen molar-refractivity contribution in [3.63, 3.8) is 0 Å². The SMILES string of the molecule is CCN(C(=O)[C@@H](C)Sc1nn(-c2ccccc2C)c(=S)s1)c1ccccc1. The molecule has 4 nitrogen and oxygen atoms in total. The summed E-state index contributed by atoms with van der Waals surface area (Å²) in [5.41, 5.74) is 3.00. The number of rotatable bonds is 6. The average molecular weight is 416 g/mol. The Bertz CT molecular complexity index is 981. The molecule has 3 aromatic rings. The summed E-state index contributed by atoms with van der Waals surface area (Å²) in [6.45, 7) is 6.57. The maximum Gasteiger partial charge on any atom is 0.240 e. The molecule has 0 fully saturated rings. The van der Waals surface area contributed by atoms with Gasteiger partial charge in [0.15, 0.2) is 8.29 Å². The zero-order valence-corrected chi connectivity index (χ0v) is 17.9. The number of carbonyl (C=O) groups is 1. The fourth-order valence-electron chi connectivity index (χ4n) is 2.76. The number of hydrogen-bond donors (Lipinski definition) is 0. The number of amides is 1. The van der Waals surface area contributed by atoms with E-state index < -0.39 is 0 Å². The Kier molecular flexibility index (Phi) is 6.46. The molecule has 1 aromatic heterocycles. The van der Waals surface area contributed by atoms with E-state index in [0.717, 1.165) is 21.3 Å². The number of aromatic nitrogens is 2. The molecule has 1 amide bonds. The Morgan fingerprint density at radius 1 is 1.22 bits per heavy atom. The van der Waals surface area contributed by atoms with E-state index in [1.54, 1.807) is 9.58 Å². The highest BCUT2D eigenvalue weighted by molar-refractivity contribution is 8.02. The molecule has 1 heterocycles. The minimum atomic E-state index is -0.254. The maximum absolute atomic E-state index is 12.9. The second-order valence-corrected chi connectivity index (χ2v) is 9.22. The van der Waals surface area contributed by atoms with E-state index in [4.69, 9.17) is 12.2 Å². The smallest absolute Gasteiger partial charge is 0.240 e. The lowest BCUT2D eigenvalue weighted by atomic mass is 10.2. The number of nitrogens with zero attached hydrogens (tertiary/aromatic N) is 3. The van der Waals surface area contributed by atoms with Crippen LogP contribution in [0.2, 0.25) is 0 Å². The molecule has 1 atom stereocenters. The first-order chi connectivity index (χ1) is 13.0. The average Bonchev–Trinajstić information content (AvgIpc) is 3.03. The molecule has 0 N–H and O–H groups in total. The number of para-hydroxylation sites is 2. The fourth-order valence-corrected chi connectivity index (χ4v) is 5.31. The molecule has 7 heteroatoms. The highest BCUT2D eigenvalue weighted by Gasteiger charge is 2.23. The van der Waals surface area contributed by atoms with E-state index in [1.807, 2.05) is 75.4 Å². The van der Waals surface area contributed by atoms with Crippen LogP contribution in [0.15, 0.2) is 58.9 Å². The summed E-state index contributed by atoms with van der Waals surface area (Å²) in [5.74, 6) is 0.0669. The van der Waals surface area contributed by atoms with Gasteiger partial charge in [0, 0.05) is 12.2 Å². The molecular weight excluding hydrogens is 394 g/mol. The van der Waals surface area contributed by atoms with Gasteiger partial charge in [-0.25, -0.2) is 4.68 Å². The second-order valence-electron chi connectivity index (χ2n) is 6.01. The minimum absolute atomic E-state index is 0.0669. The number of carbonyl (C=O) groups excluding carboxylic acids is 1. The van der Waals surface area contributed by atoms with E-state index in [2.05, 4.69) is 5.10 Å². The third-order valence-corrected chi connectivity index (χ3v) is 6.55. The summed E-state index contributed by atoms with van der Waals surface area (Å²) in [6, 6.07) is 17.7. The van der Waals surface area contributed by atoms with Gasteiger partial charge >= 0.3 is 0 Å². The summed E-state index contributed by atoms with van der Waals surface area (Å²) < 4.78 is 3.26. The molecule has 2 aromatic carbocycles. The molecule has 0 saturated carbocycles. The van der Waals surface area contributed by atoms with E-state index in [-0.39, 0.29) is 11.2 Å². The van der Waals surface area contributed by atoms with Crippen molar-refractivity contribution < 1.29 is 4.79 Å². The zero-order chi connectivity index (χ0) is 19.4. The van der Waals surface area contributed by atoms with Crippen molar-refractivity contribution in [3.8, 4) is 5.69 Å². The van der Waals surface area contributed by atoms with E-state index in [1.165, 1.54) is 23.1 Å². The van der Waals surface area contributed by atoms with Gasteiger partial charge in [0.2, 0.25) is 5.91 Å². The summed E-state index contributed by atoms with van der Waals surface area (Å²) in [5, 5.41) is 4.39. The maximum atomic E-state index is 12.9. The van der Waals surface area contributed by atoms with Crippen LogP contribution in [0.3, 0.4) is 0 Å². The predicted molar refractivity (Wildman–Crippen MR) is 117 cm³/mol. The number of thioether (sulfide) groups is 1. The van der Waals surface area contributed by atoms with Crippen molar-refractivity contribution in [1.82, 2.24) is 9.78 Å². The Morgan fingerprint density at radius 3 is 2.56 bits per heavy atom.